The lowest BCUT2D eigenvalue weighted by Crippen LogP contribution is -2.20. The highest BCUT2D eigenvalue weighted by atomic mass is 16.3. The first-order valence-electron chi connectivity index (χ1n) is 9.04. The van der Waals surface area contributed by atoms with Gasteiger partial charge in [0, 0.05) is 24.3 Å². The molecule has 128 valence electrons. The van der Waals surface area contributed by atoms with Crippen LogP contribution < -0.4 is 0 Å². The van der Waals surface area contributed by atoms with Crippen molar-refractivity contribution in [1.82, 2.24) is 14.5 Å². The van der Waals surface area contributed by atoms with Crippen LogP contribution in [0.1, 0.15) is 44.0 Å². The predicted octanol–water partition coefficient (Wildman–Crippen LogP) is 3.76. The molecule has 0 atom stereocenters. The van der Waals surface area contributed by atoms with Crippen LogP contribution in [0.2, 0.25) is 0 Å². The zero-order valence-electron chi connectivity index (χ0n) is 14.2. The Hall–Kier alpha value is -2.45. The van der Waals surface area contributed by atoms with Gasteiger partial charge < -0.3 is 9.67 Å². The zero-order chi connectivity index (χ0) is 17.2. The van der Waals surface area contributed by atoms with Gasteiger partial charge in [0.15, 0.2) is 0 Å². The topological polar surface area (TPSA) is 74.7 Å². The number of hydrogen-bond donors (Lipinski definition) is 1. The molecule has 5 heteroatoms. The van der Waals surface area contributed by atoms with Crippen molar-refractivity contribution in [2.45, 2.75) is 44.6 Å². The molecule has 1 fully saturated rings. The summed E-state index contributed by atoms with van der Waals surface area (Å²) < 4.78 is 2.35. The van der Waals surface area contributed by atoms with Crippen LogP contribution in [0.15, 0.2) is 30.5 Å². The second-order valence-corrected chi connectivity index (χ2v) is 6.92. The Morgan fingerprint density at radius 2 is 1.96 bits per heavy atom. The van der Waals surface area contributed by atoms with E-state index in [1.807, 2.05) is 24.4 Å². The summed E-state index contributed by atoms with van der Waals surface area (Å²) in [6, 6.07) is 10.9. The average molecular weight is 334 g/mol. The molecule has 0 bridgehead atoms. The van der Waals surface area contributed by atoms with Crippen LogP contribution in [0, 0.1) is 17.2 Å². The zero-order valence-corrected chi connectivity index (χ0v) is 14.2. The number of nitrogens with zero attached hydrogens (tertiary/aromatic N) is 4. The van der Waals surface area contributed by atoms with Crippen molar-refractivity contribution in [3.05, 3.63) is 36.3 Å². The van der Waals surface area contributed by atoms with E-state index in [2.05, 4.69) is 21.7 Å². The number of hydrogen-bond acceptors (Lipinski definition) is 4. The van der Waals surface area contributed by atoms with Gasteiger partial charge in [-0.1, -0.05) is 18.2 Å². The maximum atomic E-state index is 9.49. The molecule has 5 nitrogen and oxygen atoms in total. The number of imidazole rings is 1. The van der Waals surface area contributed by atoms with Gasteiger partial charge in [-0.05, 0) is 37.7 Å². The molecular formula is C20H22N4O. The molecule has 1 aromatic carbocycles. The van der Waals surface area contributed by atoms with Crippen LogP contribution in [0.5, 0.6) is 0 Å². The van der Waals surface area contributed by atoms with Gasteiger partial charge in [-0.2, -0.15) is 5.26 Å². The summed E-state index contributed by atoms with van der Waals surface area (Å²) in [4.78, 5) is 9.30. The van der Waals surface area contributed by atoms with Crippen LogP contribution >= 0.6 is 0 Å². The first-order valence-corrected chi connectivity index (χ1v) is 9.04. The number of para-hydroxylation sites is 1. The molecule has 4 rings (SSSR count). The molecule has 3 aromatic rings. The molecule has 1 N–H and O–H groups in total. The molecule has 1 saturated carbocycles. The quantitative estimate of drug-likeness (QED) is 0.788. The molecule has 25 heavy (non-hydrogen) atoms. The third-order valence-corrected chi connectivity index (χ3v) is 5.39. The molecule has 0 aliphatic heterocycles. The highest BCUT2D eigenvalue weighted by Gasteiger charge is 2.26. The minimum Gasteiger partial charge on any atom is -0.396 e. The lowest BCUT2D eigenvalue weighted by atomic mass is 9.84. The summed E-state index contributed by atoms with van der Waals surface area (Å²) in [6.07, 6.45) is 7.35. The van der Waals surface area contributed by atoms with Gasteiger partial charge in [-0.3, -0.25) is 4.98 Å². The lowest BCUT2D eigenvalue weighted by Gasteiger charge is -2.30. The summed E-state index contributed by atoms with van der Waals surface area (Å²) >= 11 is 0. The van der Waals surface area contributed by atoms with Gasteiger partial charge in [0.05, 0.1) is 29.9 Å². The van der Waals surface area contributed by atoms with Crippen LogP contribution in [-0.4, -0.2) is 26.2 Å². The number of benzene rings is 1. The van der Waals surface area contributed by atoms with Gasteiger partial charge in [-0.25, -0.2) is 4.98 Å². The number of fused-ring (bicyclic) bond motifs is 3. The van der Waals surface area contributed by atoms with Crippen molar-refractivity contribution in [2.75, 3.05) is 6.61 Å². The Morgan fingerprint density at radius 1 is 1.16 bits per heavy atom. The van der Waals surface area contributed by atoms with Crippen LogP contribution in [0.4, 0.5) is 0 Å². The fourth-order valence-electron chi connectivity index (χ4n) is 4.18. The Kier molecular flexibility index (Phi) is 4.37. The first kappa shape index (κ1) is 16.0. The molecule has 0 radical (unpaired) electrons. The average Bonchev–Trinajstić information content (AvgIpc) is 3.02. The Morgan fingerprint density at radius 3 is 2.72 bits per heavy atom. The highest BCUT2D eigenvalue weighted by molar-refractivity contribution is 6.02. The summed E-state index contributed by atoms with van der Waals surface area (Å²) in [7, 11) is 0. The van der Waals surface area contributed by atoms with E-state index in [1.54, 1.807) is 0 Å². The normalized spacial score (nSPS) is 20.8. The largest absolute Gasteiger partial charge is 0.396 e. The van der Waals surface area contributed by atoms with Crippen molar-refractivity contribution < 1.29 is 5.11 Å². The van der Waals surface area contributed by atoms with Crippen molar-refractivity contribution in [3.63, 3.8) is 0 Å². The number of pyridine rings is 1. The molecule has 1 aliphatic rings. The van der Waals surface area contributed by atoms with E-state index in [1.165, 1.54) is 0 Å². The summed E-state index contributed by atoms with van der Waals surface area (Å²) in [5.74, 6) is 1.47. The van der Waals surface area contributed by atoms with E-state index in [4.69, 9.17) is 10.2 Å². The maximum absolute atomic E-state index is 9.49. The van der Waals surface area contributed by atoms with E-state index in [-0.39, 0.29) is 6.61 Å². The van der Waals surface area contributed by atoms with Gasteiger partial charge in [0.2, 0.25) is 0 Å². The molecule has 2 aromatic heterocycles. The second kappa shape index (κ2) is 6.81. The standard InChI is InChI=1S/C20H22N4O/c21-11-9-14-5-7-15(8-6-14)24-19(10-12-25)23-18-13-22-17-4-2-1-3-16(17)20(18)24/h1-4,13-15,25H,5-10,12H2. The van der Waals surface area contributed by atoms with Crippen LogP contribution in [0.3, 0.4) is 0 Å². The van der Waals surface area contributed by atoms with Gasteiger partial charge >= 0.3 is 0 Å². The SMILES string of the molecule is N#CCC1CCC(n2c(CCO)nc3cnc4ccccc4c32)CC1. The minimum absolute atomic E-state index is 0.0957. The number of nitriles is 1. The number of rotatable bonds is 4. The smallest absolute Gasteiger partial charge is 0.112 e. The second-order valence-electron chi connectivity index (χ2n) is 6.92. The van der Waals surface area contributed by atoms with Crippen molar-refractivity contribution in [1.29, 1.82) is 5.26 Å². The Labute approximate surface area is 146 Å². The number of aliphatic hydroxyl groups is 1. The van der Waals surface area contributed by atoms with Crippen molar-refractivity contribution >= 4 is 21.9 Å². The van der Waals surface area contributed by atoms with Crippen LogP contribution in [-0.2, 0) is 6.42 Å². The maximum Gasteiger partial charge on any atom is 0.112 e. The molecule has 2 heterocycles. The monoisotopic (exact) mass is 334 g/mol. The lowest BCUT2D eigenvalue weighted by molar-refractivity contribution is 0.266. The molecule has 0 saturated heterocycles. The highest BCUT2D eigenvalue weighted by Crippen LogP contribution is 2.37. The Bertz CT molecular complexity index is 932. The van der Waals surface area contributed by atoms with Crippen molar-refractivity contribution in [2.24, 2.45) is 5.92 Å². The van der Waals surface area contributed by atoms with E-state index in [0.29, 0.717) is 24.8 Å². The Balaban J connectivity index is 1.82. The third kappa shape index (κ3) is 2.87. The minimum atomic E-state index is 0.0957. The summed E-state index contributed by atoms with van der Waals surface area (Å²) in [5, 5.41) is 19.6. The van der Waals surface area contributed by atoms with Gasteiger partial charge in [0.1, 0.15) is 11.3 Å². The predicted molar refractivity (Wildman–Crippen MR) is 97.0 cm³/mol. The van der Waals surface area contributed by atoms with Gasteiger partial charge in [0.25, 0.3) is 0 Å². The van der Waals surface area contributed by atoms with E-state index < -0.39 is 0 Å². The fraction of sp³-hybridized carbons (Fsp3) is 0.450. The molecule has 0 spiro atoms. The first-order chi connectivity index (χ1) is 12.3. The fourth-order valence-corrected chi connectivity index (χ4v) is 4.18. The van der Waals surface area contributed by atoms with Crippen LogP contribution in [0.25, 0.3) is 21.9 Å². The third-order valence-electron chi connectivity index (χ3n) is 5.39. The summed E-state index contributed by atoms with van der Waals surface area (Å²) in [5.41, 5.74) is 3.02. The van der Waals surface area contributed by atoms with Gasteiger partial charge in [-0.15, -0.1) is 0 Å². The van der Waals surface area contributed by atoms with Crippen molar-refractivity contribution in [3.8, 4) is 6.07 Å². The number of aliphatic hydroxyl groups excluding tert-OH is 1. The molecule has 1 aliphatic carbocycles. The molecule has 0 amide bonds. The van der Waals surface area contributed by atoms with E-state index in [0.717, 1.165) is 53.4 Å². The molecular weight excluding hydrogens is 312 g/mol. The number of aromatic nitrogens is 3. The van der Waals surface area contributed by atoms with E-state index >= 15 is 0 Å². The summed E-state index contributed by atoms with van der Waals surface area (Å²) in [6.45, 7) is 0.0957. The molecule has 0 unspecified atom stereocenters. The van der Waals surface area contributed by atoms with E-state index in [9.17, 15) is 5.11 Å².